The lowest BCUT2D eigenvalue weighted by Crippen LogP contribution is -2.48. The zero-order valence-electron chi connectivity index (χ0n) is 21.3. The van der Waals surface area contributed by atoms with Crippen molar-refractivity contribution in [2.24, 2.45) is 0 Å². The van der Waals surface area contributed by atoms with Gasteiger partial charge in [0.1, 0.15) is 5.82 Å². The first-order valence-electron chi connectivity index (χ1n) is 12.9. The molecule has 4 N–H and O–H groups in total. The van der Waals surface area contributed by atoms with Gasteiger partial charge in [-0.2, -0.15) is 18.2 Å². The summed E-state index contributed by atoms with van der Waals surface area (Å²) in [7, 11) is 0. The average molecular weight is 550 g/mol. The van der Waals surface area contributed by atoms with E-state index in [0.717, 1.165) is 25.1 Å². The smallest absolute Gasteiger partial charge is 0.366 e. The fourth-order valence-electron chi connectivity index (χ4n) is 5.11. The maximum atomic E-state index is 13.6. The largest absolute Gasteiger partial charge is 0.426 e. The van der Waals surface area contributed by atoms with Crippen molar-refractivity contribution >= 4 is 29.3 Å². The SMILES string of the molecule is C#CCCCNc1nccc(NC(=O)N2c3nc(-c4ccc(C5(C(F)(F)F)NN5)cc4)ccc3N3CC[C@H]2C3)n1. The van der Waals surface area contributed by atoms with E-state index in [4.69, 9.17) is 11.4 Å². The van der Waals surface area contributed by atoms with E-state index in [1.807, 2.05) is 12.1 Å². The number of hydrazine groups is 1. The van der Waals surface area contributed by atoms with Crippen LogP contribution in [-0.2, 0) is 5.66 Å². The zero-order valence-corrected chi connectivity index (χ0v) is 21.3. The highest BCUT2D eigenvalue weighted by Gasteiger charge is 2.65. The first-order chi connectivity index (χ1) is 19.3. The van der Waals surface area contributed by atoms with Gasteiger partial charge < -0.3 is 10.2 Å². The van der Waals surface area contributed by atoms with Gasteiger partial charge in [-0.05, 0) is 36.6 Å². The minimum absolute atomic E-state index is 0.0571. The molecule has 10 nitrogen and oxygen atoms in total. The number of nitrogens with one attached hydrogen (secondary N) is 4. The summed E-state index contributed by atoms with van der Waals surface area (Å²) in [5, 5.41) is 5.96. The Bertz CT molecular complexity index is 1470. The highest BCUT2D eigenvalue weighted by atomic mass is 19.4. The van der Waals surface area contributed by atoms with Crippen molar-refractivity contribution in [2.45, 2.75) is 37.1 Å². The standard InChI is InChI=1S/C27H26F3N9O/c1-2-3-4-13-31-24-32-14-11-22(34-24)35-25(40)39-19-12-15-38(16-19)21-10-9-20(33-23(21)39)17-5-7-18(8-6-17)26(36-37-26)27(28,29)30/h1,5-11,14,19,36-37H,3-4,12-13,15-16H2,(H2,31,32,34,35,40)/t19-/m0/s1. The van der Waals surface area contributed by atoms with E-state index in [9.17, 15) is 18.0 Å². The number of hydrogen-bond donors (Lipinski definition) is 4. The number of alkyl halides is 3. The molecule has 0 unspecified atom stereocenters. The van der Waals surface area contributed by atoms with Crippen LogP contribution in [0.4, 0.5) is 41.2 Å². The number of unbranched alkanes of at least 4 members (excludes halogenated alkanes) is 1. The van der Waals surface area contributed by atoms with Gasteiger partial charge in [-0.15, -0.1) is 12.3 Å². The Labute approximate surface area is 228 Å². The van der Waals surface area contributed by atoms with Crippen LogP contribution in [0, 0.1) is 12.3 Å². The molecule has 3 aliphatic heterocycles. The predicted octanol–water partition coefficient (Wildman–Crippen LogP) is 3.82. The van der Waals surface area contributed by atoms with Crippen LogP contribution >= 0.6 is 0 Å². The minimum atomic E-state index is -4.48. The van der Waals surface area contributed by atoms with Gasteiger partial charge >= 0.3 is 12.2 Å². The molecule has 206 valence electrons. The number of halogens is 3. The quantitative estimate of drug-likeness (QED) is 0.199. The van der Waals surface area contributed by atoms with Gasteiger partial charge in [0, 0.05) is 37.8 Å². The third-order valence-electron chi connectivity index (χ3n) is 7.26. The number of terminal acetylenes is 1. The van der Waals surface area contributed by atoms with Crippen molar-refractivity contribution in [2.75, 3.05) is 40.1 Å². The number of urea groups is 1. The van der Waals surface area contributed by atoms with Crippen LogP contribution in [0.3, 0.4) is 0 Å². The molecule has 0 spiro atoms. The molecule has 0 radical (unpaired) electrons. The highest BCUT2D eigenvalue weighted by Crippen LogP contribution is 2.43. The van der Waals surface area contributed by atoms with Gasteiger partial charge in [0.15, 0.2) is 5.82 Å². The van der Waals surface area contributed by atoms with Gasteiger partial charge in [-0.3, -0.25) is 10.2 Å². The average Bonchev–Trinajstić information content (AvgIpc) is 3.68. The molecular formula is C27H26F3N9O. The Morgan fingerprint density at radius 1 is 1.15 bits per heavy atom. The molecule has 1 aromatic carbocycles. The van der Waals surface area contributed by atoms with E-state index in [0.29, 0.717) is 48.4 Å². The summed E-state index contributed by atoms with van der Waals surface area (Å²) in [4.78, 5) is 30.8. The molecule has 6 rings (SSSR count). The Balaban J connectivity index is 1.24. The van der Waals surface area contributed by atoms with Gasteiger partial charge in [-0.25, -0.2) is 25.6 Å². The van der Waals surface area contributed by atoms with Crippen LogP contribution < -0.4 is 31.3 Å². The second-order valence-electron chi connectivity index (χ2n) is 9.80. The first-order valence-corrected chi connectivity index (χ1v) is 12.9. The van der Waals surface area contributed by atoms with Gasteiger partial charge in [-0.1, -0.05) is 24.3 Å². The van der Waals surface area contributed by atoms with Crippen molar-refractivity contribution in [1.82, 2.24) is 25.8 Å². The number of amides is 2. The third-order valence-corrected chi connectivity index (χ3v) is 7.26. The maximum absolute atomic E-state index is 13.6. The molecule has 5 heterocycles. The number of fused-ring (bicyclic) bond motifs is 4. The van der Waals surface area contributed by atoms with Crippen LogP contribution in [0.15, 0.2) is 48.7 Å². The lowest BCUT2D eigenvalue weighted by Gasteiger charge is -2.35. The lowest BCUT2D eigenvalue weighted by atomic mass is 10.0. The third kappa shape index (κ3) is 4.65. The molecule has 3 aromatic rings. The predicted molar refractivity (Wildman–Crippen MR) is 144 cm³/mol. The number of anilines is 4. The van der Waals surface area contributed by atoms with Crippen molar-refractivity contribution < 1.29 is 18.0 Å². The minimum Gasteiger partial charge on any atom is -0.366 e. The van der Waals surface area contributed by atoms with Crippen LogP contribution in [0.1, 0.15) is 24.8 Å². The Morgan fingerprint density at radius 3 is 2.67 bits per heavy atom. The fourth-order valence-corrected chi connectivity index (χ4v) is 5.11. The Morgan fingerprint density at radius 2 is 1.95 bits per heavy atom. The van der Waals surface area contributed by atoms with E-state index in [-0.39, 0.29) is 17.6 Å². The number of benzene rings is 1. The number of carbonyl (C=O) groups is 1. The summed E-state index contributed by atoms with van der Waals surface area (Å²) in [5.41, 5.74) is 4.25. The Hall–Kier alpha value is -4.41. The van der Waals surface area contributed by atoms with E-state index >= 15 is 0 Å². The molecule has 0 saturated carbocycles. The van der Waals surface area contributed by atoms with E-state index in [1.54, 1.807) is 29.3 Å². The number of aromatic nitrogens is 3. The van der Waals surface area contributed by atoms with Crippen molar-refractivity contribution in [3.63, 3.8) is 0 Å². The van der Waals surface area contributed by atoms with E-state index in [1.165, 1.54) is 12.1 Å². The van der Waals surface area contributed by atoms with Crippen molar-refractivity contribution in [3.05, 3.63) is 54.2 Å². The molecule has 0 aliphatic carbocycles. The number of pyridine rings is 1. The molecule has 40 heavy (non-hydrogen) atoms. The molecule has 13 heteroatoms. The lowest BCUT2D eigenvalue weighted by molar-refractivity contribution is -0.165. The number of nitrogens with zero attached hydrogens (tertiary/aromatic N) is 5. The van der Waals surface area contributed by atoms with Crippen molar-refractivity contribution in [1.29, 1.82) is 0 Å². The summed E-state index contributed by atoms with van der Waals surface area (Å²) in [6, 6.07) is 10.9. The second kappa shape index (κ2) is 9.96. The monoisotopic (exact) mass is 549 g/mol. The molecule has 2 fully saturated rings. The van der Waals surface area contributed by atoms with E-state index in [2.05, 4.69) is 42.3 Å². The van der Waals surface area contributed by atoms with Crippen LogP contribution in [0.25, 0.3) is 11.3 Å². The summed E-state index contributed by atoms with van der Waals surface area (Å²) < 4.78 is 40.3. The molecule has 2 aromatic heterocycles. The van der Waals surface area contributed by atoms with Gasteiger partial charge in [0.25, 0.3) is 0 Å². The molecular weight excluding hydrogens is 523 g/mol. The van der Waals surface area contributed by atoms with Gasteiger partial charge in [0.2, 0.25) is 11.6 Å². The molecule has 2 saturated heterocycles. The normalized spacial score (nSPS) is 18.6. The fraction of sp³-hybridized carbons (Fsp3) is 0.333. The molecule has 3 aliphatic rings. The summed E-state index contributed by atoms with van der Waals surface area (Å²) in [6.07, 6.45) is 4.55. The van der Waals surface area contributed by atoms with Crippen LogP contribution in [0.5, 0.6) is 0 Å². The second-order valence-corrected chi connectivity index (χ2v) is 9.80. The number of rotatable bonds is 7. The summed E-state index contributed by atoms with van der Waals surface area (Å²) in [6.45, 7) is 2.08. The molecule has 1 atom stereocenters. The highest BCUT2D eigenvalue weighted by molar-refractivity contribution is 6.04. The van der Waals surface area contributed by atoms with Gasteiger partial charge in [0.05, 0.1) is 17.4 Å². The maximum Gasteiger partial charge on any atom is 0.426 e. The molecule has 2 bridgehead atoms. The number of hydrogen-bond acceptors (Lipinski definition) is 8. The topological polar surface area (TPSA) is 130 Å². The zero-order chi connectivity index (χ0) is 27.9. The summed E-state index contributed by atoms with van der Waals surface area (Å²) in [5.74, 6) is 3.80. The number of carbonyl (C=O) groups excluding carboxylic acids is 1. The van der Waals surface area contributed by atoms with Crippen LogP contribution in [0.2, 0.25) is 0 Å². The summed E-state index contributed by atoms with van der Waals surface area (Å²) >= 11 is 0. The molecule has 2 amide bonds. The first kappa shape index (κ1) is 25.8. The Kier molecular flexibility index (Phi) is 6.44. The van der Waals surface area contributed by atoms with E-state index < -0.39 is 11.8 Å². The van der Waals surface area contributed by atoms with Crippen LogP contribution in [-0.4, -0.2) is 52.8 Å². The van der Waals surface area contributed by atoms with Crippen molar-refractivity contribution in [3.8, 4) is 23.6 Å².